The van der Waals surface area contributed by atoms with Crippen LogP contribution in [0, 0.1) is 28.9 Å². The summed E-state index contributed by atoms with van der Waals surface area (Å²) in [5, 5.41) is 11.6. The first-order chi connectivity index (χ1) is 9.73. The van der Waals surface area contributed by atoms with Crippen molar-refractivity contribution >= 4 is 11.9 Å². The van der Waals surface area contributed by atoms with Gasteiger partial charge >= 0.3 is 5.97 Å². The Morgan fingerprint density at radius 2 is 1.76 bits per heavy atom. The molecule has 0 aliphatic heterocycles. The van der Waals surface area contributed by atoms with Crippen molar-refractivity contribution in [3.63, 3.8) is 0 Å². The standard InChI is InChI=1S/C15H17F2NO3/c1-15(2)11(12(15)14(20)21)13(19)18-4-3-8-5-9(16)7-10(17)6-8/h5-7,11-12H,3-4H2,1-2H3,(H,18,19)(H,20,21). The predicted octanol–water partition coefficient (Wildman–Crippen LogP) is 1.98. The van der Waals surface area contributed by atoms with Crippen molar-refractivity contribution in [2.45, 2.75) is 20.3 Å². The topological polar surface area (TPSA) is 66.4 Å². The lowest BCUT2D eigenvalue weighted by Crippen LogP contribution is -2.29. The summed E-state index contributed by atoms with van der Waals surface area (Å²) in [4.78, 5) is 22.9. The predicted molar refractivity (Wildman–Crippen MR) is 71.5 cm³/mol. The zero-order chi connectivity index (χ0) is 15.8. The average Bonchev–Trinajstić information content (AvgIpc) is 2.91. The number of nitrogens with one attached hydrogen (secondary N) is 1. The van der Waals surface area contributed by atoms with E-state index in [0.29, 0.717) is 5.56 Å². The van der Waals surface area contributed by atoms with E-state index >= 15 is 0 Å². The molecule has 2 rings (SSSR count). The van der Waals surface area contributed by atoms with Gasteiger partial charge in [-0.05, 0) is 29.5 Å². The molecule has 1 aromatic rings. The fourth-order valence-corrected chi connectivity index (χ4v) is 2.78. The van der Waals surface area contributed by atoms with E-state index in [1.54, 1.807) is 13.8 Å². The first kappa shape index (κ1) is 15.4. The van der Waals surface area contributed by atoms with Gasteiger partial charge in [-0.1, -0.05) is 13.8 Å². The number of carboxylic acid groups (broad SMARTS) is 1. The Kier molecular flexibility index (Phi) is 3.98. The summed E-state index contributed by atoms with van der Waals surface area (Å²) in [5.74, 6) is -3.86. The van der Waals surface area contributed by atoms with Crippen LogP contribution in [0.25, 0.3) is 0 Å². The second-order valence-electron chi connectivity index (χ2n) is 5.93. The Balaban J connectivity index is 1.87. The Hall–Kier alpha value is -1.98. The van der Waals surface area contributed by atoms with E-state index in [0.717, 1.165) is 6.07 Å². The van der Waals surface area contributed by atoms with Crippen molar-refractivity contribution < 1.29 is 23.5 Å². The summed E-state index contributed by atoms with van der Waals surface area (Å²) in [7, 11) is 0. The number of rotatable bonds is 5. The third-order valence-corrected chi connectivity index (χ3v) is 4.01. The van der Waals surface area contributed by atoms with E-state index in [2.05, 4.69) is 5.32 Å². The lowest BCUT2D eigenvalue weighted by atomic mass is 10.1. The second-order valence-corrected chi connectivity index (χ2v) is 5.93. The van der Waals surface area contributed by atoms with Crippen molar-refractivity contribution in [3.05, 3.63) is 35.4 Å². The lowest BCUT2D eigenvalue weighted by Gasteiger charge is -2.06. The van der Waals surface area contributed by atoms with Gasteiger partial charge in [0.05, 0.1) is 11.8 Å². The number of carboxylic acids is 1. The van der Waals surface area contributed by atoms with Gasteiger partial charge in [-0.25, -0.2) is 8.78 Å². The van der Waals surface area contributed by atoms with E-state index in [-0.39, 0.29) is 18.9 Å². The lowest BCUT2D eigenvalue weighted by molar-refractivity contribution is -0.140. The number of aliphatic carboxylic acids is 1. The number of halogens is 2. The van der Waals surface area contributed by atoms with Gasteiger partial charge in [0.25, 0.3) is 0 Å². The zero-order valence-electron chi connectivity index (χ0n) is 11.8. The summed E-state index contributed by atoms with van der Waals surface area (Å²) in [6.07, 6.45) is 0.283. The van der Waals surface area contributed by atoms with Crippen LogP contribution >= 0.6 is 0 Å². The Bertz CT molecular complexity index is 566. The summed E-state index contributed by atoms with van der Waals surface area (Å²) in [6, 6.07) is 3.19. The molecule has 6 heteroatoms. The Morgan fingerprint density at radius 1 is 1.19 bits per heavy atom. The molecule has 2 atom stereocenters. The summed E-state index contributed by atoms with van der Waals surface area (Å²) in [6.45, 7) is 3.68. The van der Waals surface area contributed by atoms with Crippen LogP contribution in [-0.4, -0.2) is 23.5 Å². The quantitative estimate of drug-likeness (QED) is 0.873. The summed E-state index contributed by atoms with van der Waals surface area (Å²) >= 11 is 0. The van der Waals surface area contributed by atoms with Gasteiger partial charge in [-0.15, -0.1) is 0 Å². The van der Waals surface area contributed by atoms with Crippen LogP contribution in [0.4, 0.5) is 8.78 Å². The number of carbonyl (C=O) groups is 2. The highest BCUT2D eigenvalue weighted by Gasteiger charge is 2.65. The molecule has 1 aliphatic rings. The molecule has 0 saturated heterocycles. The highest BCUT2D eigenvalue weighted by Crippen LogP contribution is 2.58. The molecule has 1 aromatic carbocycles. The van der Waals surface area contributed by atoms with Crippen LogP contribution in [0.1, 0.15) is 19.4 Å². The highest BCUT2D eigenvalue weighted by atomic mass is 19.1. The maximum atomic E-state index is 13.0. The maximum Gasteiger partial charge on any atom is 0.307 e. The van der Waals surface area contributed by atoms with Crippen LogP contribution in [0.15, 0.2) is 18.2 Å². The molecule has 4 nitrogen and oxygen atoms in total. The van der Waals surface area contributed by atoms with Crippen LogP contribution in [0.2, 0.25) is 0 Å². The van der Waals surface area contributed by atoms with Gasteiger partial charge in [0.15, 0.2) is 0 Å². The molecule has 1 amide bonds. The molecule has 0 heterocycles. The van der Waals surface area contributed by atoms with E-state index < -0.39 is 34.9 Å². The Morgan fingerprint density at radius 3 is 2.24 bits per heavy atom. The average molecular weight is 297 g/mol. The molecular weight excluding hydrogens is 280 g/mol. The molecule has 0 spiro atoms. The minimum absolute atomic E-state index is 0.209. The van der Waals surface area contributed by atoms with Crippen LogP contribution in [0.5, 0.6) is 0 Å². The van der Waals surface area contributed by atoms with Crippen LogP contribution in [-0.2, 0) is 16.0 Å². The van der Waals surface area contributed by atoms with E-state index in [4.69, 9.17) is 5.11 Å². The molecule has 2 unspecified atom stereocenters. The SMILES string of the molecule is CC1(C)C(C(=O)O)C1C(=O)NCCc1cc(F)cc(F)c1. The number of hydrogen-bond acceptors (Lipinski definition) is 2. The van der Waals surface area contributed by atoms with Crippen LogP contribution < -0.4 is 5.32 Å². The molecule has 114 valence electrons. The van der Waals surface area contributed by atoms with Gasteiger partial charge in [0.1, 0.15) is 11.6 Å². The van der Waals surface area contributed by atoms with Gasteiger partial charge in [-0.2, -0.15) is 0 Å². The van der Waals surface area contributed by atoms with Crippen molar-refractivity contribution in [2.75, 3.05) is 6.54 Å². The highest BCUT2D eigenvalue weighted by molar-refractivity contribution is 5.91. The monoisotopic (exact) mass is 297 g/mol. The van der Waals surface area contributed by atoms with Gasteiger partial charge in [0.2, 0.25) is 5.91 Å². The first-order valence-corrected chi connectivity index (χ1v) is 6.69. The summed E-state index contributed by atoms with van der Waals surface area (Å²) in [5.41, 5.74) is -0.112. The number of benzene rings is 1. The minimum Gasteiger partial charge on any atom is -0.481 e. The molecule has 1 aliphatic carbocycles. The normalized spacial score (nSPS) is 22.7. The molecule has 0 aromatic heterocycles. The maximum absolute atomic E-state index is 13.0. The van der Waals surface area contributed by atoms with Crippen molar-refractivity contribution in [3.8, 4) is 0 Å². The molecule has 1 saturated carbocycles. The van der Waals surface area contributed by atoms with E-state index in [1.165, 1.54) is 12.1 Å². The largest absolute Gasteiger partial charge is 0.481 e. The van der Waals surface area contributed by atoms with Crippen molar-refractivity contribution in [1.29, 1.82) is 0 Å². The second kappa shape index (κ2) is 5.42. The minimum atomic E-state index is -0.979. The fraction of sp³-hybridized carbons (Fsp3) is 0.467. The third kappa shape index (κ3) is 3.20. The fourth-order valence-electron chi connectivity index (χ4n) is 2.78. The van der Waals surface area contributed by atoms with Crippen molar-refractivity contribution in [1.82, 2.24) is 5.32 Å². The van der Waals surface area contributed by atoms with E-state index in [1.807, 2.05) is 0 Å². The molecule has 0 bridgehead atoms. The van der Waals surface area contributed by atoms with Gasteiger partial charge in [0, 0.05) is 12.6 Å². The zero-order valence-corrected chi connectivity index (χ0v) is 11.8. The first-order valence-electron chi connectivity index (χ1n) is 6.69. The van der Waals surface area contributed by atoms with Crippen molar-refractivity contribution in [2.24, 2.45) is 17.3 Å². The van der Waals surface area contributed by atoms with Crippen LogP contribution in [0.3, 0.4) is 0 Å². The smallest absolute Gasteiger partial charge is 0.307 e. The Labute approximate surface area is 121 Å². The molecule has 0 radical (unpaired) electrons. The van der Waals surface area contributed by atoms with Gasteiger partial charge in [-0.3, -0.25) is 9.59 Å². The summed E-state index contributed by atoms with van der Waals surface area (Å²) < 4.78 is 26.0. The molecule has 21 heavy (non-hydrogen) atoms. The molecule has 2 N–H and O–H groups in total. The number of hydrogen-bond donors (Lipinski definition) is 2. The number of carbonyl (C=O) groups excluding carboxylic acids is 1. The van der Waals surface area contributed by atoms with E-state index in [9.17, 15) is 18.4 Å². The third-order valence-electron chi connectivity index (χ3n) is 4.01. The molecular formula is C15H17F2NO3. The number of amides is 1. The molecule has 1 fully saturated rings. The van der Waals surface area contributed by atoms with Gasteiger partial charge < -0.3 is 10.4 Å².